The molecule has 0 bridgehead atoms. The van der Waals surface area contributed by atoms with Gasteiger partial charge in [-0.2, -0.15) is 13.2 Å². The summed E-state index contributed by atoms with van der Waals surface area (Å²) in [5.74, 6) is -1.06. The summed E-state index contributed by atoms with van der Waals surface area (Å²) in [4.78, 5) is 42.8. The van der Waals surface area contributed by atoms with Crippen molar-refractivity contribution >= 4 is 17.9 Å². The highest BCUT2D eigenvalue weighted by molar-refractivity contribution is 6.21. The lowest BCUT2D eigenvalue weighted by molar-refractivity contribution is -0.138. The van der Waals surface area contributed by atoms with Crippen LogP contribution in [0.2, 0.25) is 0 Å². The van der Waals surface area contributed by atoms with Crippen LogP contribution in [0.4, 0.5) is 18.0 Å². The molecule has 2 heterocycles. The molecule has 192 valence electrons. The van der Waals surface area contributed by atoms with Crippen LogP contribution in [-0.2, 0) is 10.9 Å². The van der Waals surface area contributed by atoms with E-state index in [1.165, 1.54) is 35.2 Å². The summed E-state index contributed by atoms with van der Waals surface area (Å²) in [6.45, 7) is 6.00. The van der Waals surface area contributed by atoms with Crippen molar-refractivity contribution < 1.29 is 32.3 Å². The van der Waals surface area contributed by atoms with Gasteiger partial charge in [0.15, 0.2) is 0 Å². The number of fused-ring (bicyclic) bond motifs is 1. The molecule has 7 nitrogen and oxygen atoms in total. The van der Waals surface area contributed by atoms with Gasteiger partial charge in [0.25, 0.3) is 11.8 Å². The largest absolute Gasteiger partial charge is 0.444 e. The first kappa shape index (κ1) is 25.7. The molecule has 4 rings (SSSR count). The normalized spacial score (nSPS) is 17.8. The number of hydrogen-bond donors (Lipinski definition) is 0. The van der Waals surface area contributed by atoms with Gasteiger partial charge in [-0.25, -0.2) is 4.79 Å². The number of imide groups is 1. The van der Waals surface area contributed by atoms with Gasteiger partial charge in [-0.1, -0.05) is 30.3 Å². The van der Waals surface area contributed by atoms with Crippen LogP contribution in [0.25, 0.3) is 0 Å². The predicted octanol–water partition coefficient (Wildman–Crippen LogP) is 4.60. The highest BCUT2D eigenvalue weighted by atomic mass is 19.4. The van der Waals surface area contributed by atoms with Crippen LogP contribution < -0.4 is 0 Å². The van der Waals surface area contributed by atoms with E-state index in [0.717, 1.165) is 11.0 Å². The molecule has 36 heavy (non-hydrogen) atoms. The van der Waals surface area contributed by atoms with Gasteiger partial charge in [0.1, 0.15) is 5.60 Å². The number of piperazine rings is 1. The molecule has 1 unspecified atom stereocenters. The van der Waals surface area contributed by atoms with Crippen molar-refractivity contribution in [2.75, 3.05) is 32.7 Å². The first-order valence-corrected chi connectivity index (χ1v) is 11.7. The Morgan fingerprint density at radius 2 is 1.42 bits per heavy atom. The Hall–Kier alpha value is -3.40. The lowest BCUT2D eigenvalue weighted by Crippen LogP contribution is -2.52. The third-order valence-electron chi connectivity index (χ3n) is 6.27. The summed E-state index contributed by atoms with van der Waals surface area (Å²) in [5.41, 5.74) is -1.04. The van der Waals surface area contributed by atoms with Crippen LogP contribution in [-0.4, -0.2) is 70.9 Å². The first-order valence-electron chi connectivity index (χ1n) is 11.7. The predicted molar refractivity (Wildman–Crippen MR) is 125 cm³/mol. The number of nitrogens with zero attached hydrogens (tertiary/aromatic N) is 3. The Morgan fingerprint density at radius 3 is 1.94 bits per heavy atom. The van der Waals surface area contributed by atoms with E-state index in [9.17, 15) is 27.6 Å². The molecule has 0 aromatic heterocycles. The molecular formula is C26H28F3N3O4. The van der Waals surface area contributed by atoms with E-state index in [-0.39, 0.29) is 49.4 Å². The molecule has 0 N–H and O–H groups in total. The molecule has 0 saturated carbocycles. The highest BCUT2D eigenvalue weighted by Gasteiger charge is 2.42. The molecular weight excluding hydrogens is 475 g/mol. The third kappa shape index (κ3) is 5.23. The van der Waals surface area contributed by atoms with Crippen molar-refractivity contribution in [1.82, 2.24) is 14.7 Å². The topological polar surface area (TPSA) is 70.2 Å². The summed E-state index contributed by atoms with van der Waals surface area (Å²) < 4.78 is 47.3. The number of ether oxygens (including phenoxy) is 1. The molecule has 2 aliphatic heterocycles. The monoisotopic (exact) mass is 503 g/mol. The minimum atomic E-state index is -4.62. The third-order valence-corrected chi connectivity index (χ3v) is 6.27. The minimum absolute atomic E-state index is 0.0210. The van der Waals surface area contributed by atoms with Crippen molar-refractivity contribution in [1.29, 1.82) is 0 Å². The van der Waals surface area contributed by atoms with Gasteiger partial charge >= 0.3 is 12.3 Å². The van der Waals surface area contributed by atoms with Crippen LogP contribution >= 0.6 is 0 Å². The number of carbonyl (C=O) groups excluding carboxylic acids is 3. The fraction of sp³-hybridized carbons (Fsp3) is 0.423. The standard InChI is InChI=1S/C26H28F3N3O4/c1-25(2,3)36-24(35)31-14-12-30(13-15-31)21(19-10-6-7-11-20(19)26(27,28)29)16-32-22(33)17-8-4-5-9-18(17)23(32)34/h4-11,21H,12-16H2,1-3H3. The maximum absolute atomic E-state index is 13.9. The summed E-state index contributed by atoms with van der Waals surface area (Å²) in [5, 5.41) is 0. The second-order valence-electron chi connectivity index (χ2n) is 9.87. The summed E-state index contributed by atoms with van der Waals surface area (Å²) in [7, 11) is 0. The number of benzene rings is 2. The molecule has 3 amide bonds. The maximum Gasteiger partial charge on any atom is 0.416 e. The first-order chi connectivity index (χ1) is 16.9. The van der Waals surface area contributed by atoms with E-state index < -0.39 is 41.3 Å². The van der Waals surface area contributed by atoms with E-state index in [2.05, 4.69) is 0 Å². The quantitative estimate of drug-likeness (QED) is 0.571. The van der Waals surface area contributed by atoms with E-state index in [0.29, 0.717) is 0 Å². The molecule has 0 spiro atoms. The van der Waals surface area contributed by atoms with Gasteiger partial charge in [0.2, 0.25) is 0 Å². The van der Waals surface area contributed by atoms with Gasteiger partial charge in [-0.3, -0.25) is 19.4 Å². The average molecular weight is 504 g/mol. The summed E-state index contributed by atoms with van der Waals surface area (Å²) in [6, 6.07) is 10.6. The maximum atomic E-state index is 13.9. The van der Waals surface area contributed by atoms with Crippen LogP contribution in [0.5, 0.6) is 0 Å². The number of rotatable bonds is 4. The Kier molecular flexibility index (Phi) is 6.83. The van der Waals surface area contributed by atoms with Gasteiger partial charge in [-0.05, 0) is 44.5 Å². The van der Waals surface area contributed by atoms with E-state index in [4.69, 9.17) is 4.74 Å². The Labute approximate surface area is 207 Å². The minimum Gasteiger partial charge on any atom is -0.444 e. The van der Waals surface area contributed by atoms with Crippen LogP contribution in [0, 0.1) is 0 Å². The van der Waals surface area contributed by atoms with Gasteiger partial charge in [0, 0.05) is 32.7 Å². The molecule has 1 atom stereocenters. The number of carbonyl (C=O) groups is 3. The Balaban J connectivity index is 1.62. The highest BCUT2D eigenvalue weighted by Crippen LogP contribution is 2.38. The molecule has 1 saturated heterocycles. The molecule has 1 fully saturated rings. The van der Waals surface area contributed by atoms with Crippen LogP contribution in [0.1, 0.15) is 58.7 Å². The van der Waals surface area contributed by atoms with Crippen LogP contribution in [0.15, 0.2) is 48.5 Å². The zero-order valence-electron chi connectivity index (χ0n) is 20.3. The second kappa shape index (κ2) is 9.57. The number of hydrogen-bond acceptors (Lipinski definition) is 5. The zero-order valence-corrected chi connectivity index (χ0v) is 20.3. The SMILES string of the molecule is CC(C)(C)OC(=O)N1CCN(C(CN2C(=O)c3ccccc3C2=O)c2ccccc2C(F)(F)F)CC1. The van der Waals surface area contributed by atoms with Crippen molar-refractivity contribution in [2.24, 2.45) is 0 Å². The lowest BCUT2D eigenvalue weighted by atomic mass is 9.97. The summed E-state index contributed by atoms with van der Waals surface area (Å²) in [6.07, 6.45) is -5.11. The van der Waals surface area contributed by atoms with Gasteiger partial charge < -0.3 is 9.64 Å². The molecule has 10 heteroatoms. The zero-order chi connectivity index (χ0) is 26.3. The van der Waals surface area contributed by atoms with E-state index >= 15 is 0 Å². The number of amides is 3. The molecule has 0 aliphatic carbocycles. The Morgan fingerprint density at radius 1 is 0.889 bits per heavy atom. The smallest absolute Gasteiger partial charge is 0.416 e. The summed E-state index contributed by atoms with van der Waals surface area (Å²) >= 11 is 0. The number of alkyl halides is 3. The number of halogens is 3. The van der Waals surface area contributed by atoms with Crippen molar-refractivity contribution in [3.05, 3.63) is 70.8 Å². The Bertz CT molecular complexity index is 1130. The molecule has 2 aromatic rings. The van der Waals surface area contributed by atoms with Crippen molar-refractivity contribution in [3.8, 4) is 0 Å². The lowest BCUT2D eigenvalue weighted by Gasteiger charge is -2.41. The van der Waals surface area contributed by atoms with Crippen molar-refractivity contribution in [2.45, 2.75) is 38.6 Å². The average Bonchev–Trinajstić information content (AvgIpc) is 3.06. The fourth-order valence-corrected chi connectivity index (χ4v) is 4.58. The van der Waals surface area contributed by atoms with E-state index in [1.54, 1.807) is 37.8 Å². The van der Waals surface area contributed by atoms with Crippen LogP contribution in [0.3, 0.4) is 0 Å². The second-order valence-corrected chi connectivity index (χ2v) is 9.87. The molecule has 2 aromatic carbocycles. The fourth-order valence-electron chi connectivity index (χ4n) is 4.58. The van der Waals surface area contributed by atoms with Crippen molar-refractivity contribution in [3.63, 3.8) is 0 Å². The molecule has 2 aliphatic rings. The van der Waals surface area contributed by atoms with Gasteiger partial charge in [0.05, 0.1) is 22.7 Å². The molecule has 0 radical (unpaired) electrons. The van der Waals surface area contributed by atoms with E-state index in [1.807, 2.05) is 0 Å². The van der Waals surface area contributed by atoms with Gasteiger partial charge in [-0.15, -0.1) is 0 Å².